The number of ether oxygens (including phenoxy) is 3. The number of hydrogen-bond acceptors (Lipinski definition) is 4. The van der Waals surface area contributed by atoms with Crippen molar-refractivity contribution in [1.82, 2.24) is 0 Å². The Balaban J connectivity index is 0.00000705. The number of rotatable bonds is 11. The van der Waals surface area contributed by atoms with Gasteiger partial charge in [-0.25, -0.2) is 52.7 Å². The Bertz CT molecular complexity index is 1440. The summed E-state index contributed by atoms with van der Waals surface area (Å²) in [6, 6.07) is 0. The van der Waals surface area contributed by atoms with Gasteiger partial charge in [-0.1, -0.05) is 6.92 Å². The Morgan fingerprint density at radius 2 is 0.733 bits per heavy atom. The molecule has 0 heterocycles. The second-order valence-electron chi connectivity index (χ2n) is 9.49. The van der Waals surface area contributed by atoms with E-state index in [0.717, 1.165) is 13.8 Å². The van der Waals surface area contributed by atoms with E-state index in [2.05, 4.69) is 0 Å². The third-order valence-electron chi connectivity index (χ3n) is 6.77. The average Bonchev–Trinajstić information content (AvgIpc) is 3.00. The number of aliphatic hydroxyl groups is 1. The molecule has 3 aromatic rings. The van der Waals surface area contributed by atoms with Crippen LogP contribution in [-0.4, -0.2) is 17.2 Å². The Hall–Kier alpha value is -2.46. The van der Waals surface area contributed by atoms with Gasteiger partial charge in [0.15, 0.2) is 69.8 Å². The van der Waals surface area contributed by atoms with Crippen LogP contribution in [0.15, 0.2) is 0 Å². The molecular weight excluding hydrogens is 720 g/mol. The van der Waals surface area contributed by atoms with Crippen molar-refractivity contribution in [3.8, 4) is 0 Å². The van der Waals surface area contributed by atoms with E-state index in [-0.39, 0.29) is 26.2 Å². The summed E-state index contributed by atoms with van der Waals surface area (Å²) in [7, 11) is 0. The van der Waals surface area contributed by atoms with Gasteiger partial charge in [-0.2, -0.15) is 0 Å². The molecule has 0 aliphatic heterocycles. The predicted octanol–water partition coefficient (Wildman–Crippen LogP) is 7.65. The van der Waals surface area contributed by atoms with Crippen molar-refractivity contribution in [3.63, 3.8) is 0 Å². The van der Waals surface area contributed by atoms with Gasteiger partial charge >= 0.3 is 5.97 Å². The molecule has 45 heavy (non-hydrogen) atoms. The molecule has 0 radical (unpaired) electrons. The number of hydrogen-bond donors (Lipinski definition) is 1. The predicted molar refractivity (Wildman–Crippen MR) is 126 cm³/mol. The molecule has 3 aromatic carbocycles. The number of halogens is 12. The van der Waals surface area contributed by atoms with Crippen LogP contribution in [0.5, 0.6) is 0 Å². The summed E-state index contributed by atoms with van der Waals surface area (Å²) in [5, 5.41) is 11.1. The molecule has 4 nitrogen and oxygen atoms in total. The van der Waals surface area contributed by atoms with Crippen LogP contribution in [0.25, 0.3) is 0 Å². The van der Waals surface area contributed by atoms with Crippen LogP contribution in [0.4, 0.5) is 52.7 Å². The summed E-state index contributed by atoms with van der Waals surface area (Å²) in [6.07, 6.45) is -2.73. The minimum absolute atomic E-state index is 0. The first kappa shape index (κ1) is 38.7. The van der Waals surface area contributed by atoms with Crippen LogP contribution in [-0.2, 0) is 60.2 Å². The van der Waals surface area contributed by atoms with E-state index in [1.807, 2.05) is 0 Å². The second kappa shape index (κ2) is 15.0. The van der Waals surface area contributed by atoms with E-state index in [9.17, 15) is 57.8 Å². The Morgan fingerprint density at radius 1 is 0.489 bits per heavy atom. The smallest absolute Gasteiger partial charge is 0.308 e. The van der Waals surface area contributed by atoms with E-state index in [4.69, 9.17) is 14.2 Å². The molecule has 1 atom stereocenters. The zero-order chi connectivity index (χ0) is 33.4. The normalized spacial score (nSPS) is 12.5. The fourth-order valence-corrected chi connectivity index (χ4v) is 3.98. The minimum atomic E-state index is -3.54. The summed E-state index contributed by atoms with van der Waals surface area (Å²) in [5.41, 5.74) is -7.48. The van der Waals surface area contributed by atoms with Gasteiger partial charge in [0, 0.05) is 42.9 Å². The molecule has 0 spiro atoms. The monoisotopic (exact) mass is 740 g/mol. The summed E-state index contributed by atoms with van der Waals surface area (Å²) in [5.74, 6) is -26.4. The van der Waals surface area contributed by atoms with Crippen molar-refractivity contribution >= 4 is 0 Å². The van der Waals surface area contributed by atoms with Crippen molar-refractivity contribution in [2.24, 2.45) is 0 Å². The fraction of sp³-hybridized carbons (Fsp3) is 0.357. The second-order valence-corrected chi connectivity index (χ2v) is 9.49. The van der Waals surface area contributed by atoms with E-state index >= 15 is 0 Å². The molecule has 0 aliphatic rings. The van der Waals surface area contributed by atoms with Crippen LogP contribution in [0.1, 0.15) is 46.7 Å². The molecule has 0 aliphatic carbocycles. The largest absolute Gasteiger partial charge is 0.365 e. The van der Waals surface area contributed by atoms with Gasteiger partial charge in [0.05, 0.1) is 36.5 Å². The summed E-state index contributed by atoms with van der Waals surface area (Å²) in [6.45, 7) is -1.36. The van der Waals surface area contributed by atoms with Gasteiger partial charge in [-0.05, 0) is 27.2 Å². The van der Waals surface area contributed by atoms with Gasteiger partial charge in [-0.3, -0.25) is 0 Å². The molecule has 1 N–H and O–H groups in total. The van der Waals surface area contributed by atoms with Crippen LogP contribution >= 0.6 is 0 Å². The zero-order valence-electron chi connectivity index (χ0n) is 23.6. The van der Waals surface area contributed by atoms with E-state index < -0.39 is 142 Å². The first-order valence-corrected chi connectivity index (χ1v) is 12.5. The van der Waals surface area contributed by atoms with Crippen LogP contribution in [0.2, 0.25) is 0 Å². The molecule has 3 rings (SSSR count). The SMILES string of the molecule is CCC(OCc1c(F)c(F)c(C)c(F)c1F)C(O)(OCc1c(F)c(F)c(C)c(F)c1F)OCc1c(F)c(F)c(C)c(F)c1F.[Zr]. The Morgan fingerprint density at radius 3 is 0.978 bits per heavy atom. The van der Waals surface area contributed by atoms with Crippen LogP contribution < -0.4 is 0 Å². The van der Waals surface area contributed by atoms with Crippen molar-refractivity contribution < 1.29 is 98.2 Å². The van der Waals surface area contributed by atoms with Crippen molar-refractivity contribution in [2.75, 3.05) is 0 Å². The standard InChI is InChI=1S/C28H22F12O4.Zr/c1-5-15(42-6-12-22(35)16(29)9(2)17(30)23(12)36)28(41,43-7-13-24(37)18(31)10(3)19(32)25(13)38)44-8-14-26(39)20(33)11(4)21(34)27(14)40;/h15,41H,5-8H2,1-4H3;. The van der Waals surface area contributed by atoms with E-state index in [0.29, 0.717) is 13.8 Å². The van der Waals surface area contributed by atoms with Gasteiger partial charge in [0.2, 0.25) is 0 Å². The van der Waals surface area contributed by atoms with Gasteiger partial charge in [-0.15, -0.1) is 0 Å². The maximum Gasteiger partial charge on any atom is 0.308 e. The molecule has 246 valence electrons. The molecule has 0 saturated carbocycles. The third-order valence-corrected chi connectivity index (χ3v) is 6.77. The topological polar surface area (TPSA) is 47.9 Å². The van der Waals surface area contributed by atoms with Crippen molar-refractivity contribution in [3.05, 3.63) is 103 Å². The first-order chi connectivity index (χ1) is 20.4. The Kier molecular flexibility index (Phi) is 12.9. The van der Waals surface area contributed by atoms with Crippen LogP contribution in [0, 0.1) is 90.6 Å². The van der Waals surface area contributed by atoms with E-state index in [1.54, 1.807) is 0 Å². The van der Waals surface area contributed by atoms with E-state index in [1.165, 1.54) is 0 Å². The average molecular weight is 742 g/mol. The van der Waals surface area contributed by atoms with Crippen molar-refractivity contribution in [1.29, 1.82) is 0 Å². The molecule has 0 amide bonds. The Labute approximate surface area is 267 Å². The summed E-state index contributed by atoms with van der Waals surface area (Å²) in [4.78, 5) is 0. The molecular formula is C28H22F12O4Zr. The van der Waals surface area contributed by atoms with Gasteiger partial charge in [0.25, 0.3) is 0 Å². The molecule has 0 saturated heterocycles. The number of benzene rings is 3. The summed E-state index contributed by atoms with van der Waals surface area (Å²) >= 11 is 0. The fourth-order valence-electron chi connectivity index (χ4n) is 3.98. The molecule has 0 bridgehead atoms. The summed E-state index contributed by atoms with van der Waals surface area (Å²) < 4.78 is 186. The quantitative estimate of drug-likeness (QED) is 0.125. The molecule has 0 fully saturated rings. The maximum absolute atomic E-state index is 14.5. The van der Waals surface area contributed by atoms with Crippen LogP contribution in [0.3, 0.4) is 0 Å². The van der Waals surface area contributed by atoms with Crippen molar-refractivity contribution in [2.45, 2.75) is 66.0 Å². The zero-order valence-corrected chi connectivity index (χ0v) is 26.1. The molecule has 1 unspecified atom stereocenters. The first-order valence-electron chi connectivity index (χ1n) is 12.5. The third kappa shape index (κ3) is 7.27. The molecule has 0 aromatic heterocycles. The maximum atomic E-state index is 14.5. The molecule has 17 heteroatoms. The van der Waals surface area contributed by atoms with Gasteiger partial charge < -0.3 is 19.3 Å². The van der Waals surface area contributed by atoms with Gasteiger partial charge in [0.1, 0.15) is 6.10 Å². The minimum Gasteiger partial charge on any atom is -0.365 e.